The molecule has 9 atom stereocenters. The first-order chi connectivity index (χ1) is 18.3. The van der Waals surface area contributed by atoms with Gasteiger partial charge < -0.3 is 14.6 Å². The summed E-state index contributed by atoms with van der Waals surface area (Å²) < 4.78 is 44.6. The summed E-state index contributed by atoms with van der Waals surface area (Å²) in [5, 5.41) is 20.7. The summed E-state index contributed by atoms with van der Waals surface area (Å²) in [6.07, 6.45) is 4.14. The third kappa shape index (κ3) is 3.77. The number of esters is 2. The molecule has 0 heterocycles. The number of carbonyl (C=O) groups is 3. The van der Waals surface area contributed by atoms with Gasteiger partial charge in [0, 0.05) is 29.1 Å². The van der Waals surface area contributed by atoms with Gasteiger partial charge in [-0.1, -0.05) is 32.8 Å². The molecule has 5 aliphatic carbocycles. The summed E-state index contributed by atoms with van der Waals surface area (Å²) in [6, 6.07) is 1.77. The zero-order valence-corrected chi connectivity index (χ0v) is 22.8. The van der Waals surface area contributed by atoms with Crippen molar-refractivity contribution < 1.29 is 37.7 Å². The highest BCUT2D eigenvalue weighted by Crippen LogP contribution is 2.71. The molecule has 0 radical (unpaired) electrons. The fraction of sp³-hybridized carbons (Fsp3) is 0.733. The highest BCUT2D eigenvalue weighted by molar-refractivity contribution is 6.01. The molecule has 5 rings (SSSR count). The summed E-state index contributed by atoms with van der Waals surface area (Å²) in [4.78, 5) is 39.1. The van der Waals surface area contributed by atoms with Crippen LogP contribution in [-0.2, 0) is 23.9 Å². The maximum absolute atomic E-state index is 17.5. The number of nitriles is 1. The van der Waals surface area contributed by atoms with Gasteiger partial charge in [0.05, 0.1) is 6.10 Å². The largest absolute Gasteiger partial charge is 0.447 e. The molecule has 7 nitrogen and oxygen atoms in total. The lowest BCUT2D eigenvalue weighted by atomic mass is 9.44. The van der Waals surface area contributed by atoms with Gasteiger partial charge in [-0.05, 0) is 68.6 Å². The molecule has 1 N–H and O–H groups in total. The number of hydrogen-bond acceptors (Lipinski definition) is 7. The number of ether oxygens (including phenoxy) is 2. The summed E-state index contributed by atoms with van der Waals surface area (Å²) in [5.74, 6) is -4.02. The Morgan fingerprint density at radius 2 is 1.90 bits per heavy atom. The zero-order chi connectivity index (χ0) is 28.4. The number of rotatable bonds is 5. The molecule has 0 aliphatic heterocycles. The van der Waals surface area contributed by atoms with E-state index in [1.54, 1.807) is 19.9 Å². The van der Waals surface area contributed by atoms with Crippen molar-refractivity contribution in [3.8, 4) is 6.07 Å². The van der Waals surface area contributed by atoms with Crippen LogP contribution in [0.1, 0.15) is 72.1 Å². The Kier molecular flexibility index (Phi) is 6.81. The lowest BCUT2D eigenvalue weighted by Gasteiger charge is -2.63. The van der Waals surface area contributed by atoms with E-state index >= 15 is 8.78 Å². The predicted molar refractivity (Wildman–Crippen MR) is 135 cm³/mol. The second-order valence-corrected chi connectivity index (χ2v) is 12.8. The topological polar surface area (TPSA) is 114 Å². The highest BCUT2D eigenvalue weighted by atomic mass is 19.1. The van der Waals surface area contributed by atoms with Gasteiger partial charge in [-0.15, -0.1) is 0 Å². The molecule has 9 heteroatoms. The minimum Gasteiger partial charge on any atom is -0.447 e. The van der Waals surface area contributed by atoms with Crippen molar-refractivity contribution in [3.63, 3.8) is 0 Å². The van der Waals surface area contributed by atoms with E-state index in [1.807, 2.05) is 0 Å². The monoisotopic (exact) mass is 545 g/mol. The smallest absolute Gasteiger partial charge is 0.352 e. The Morgan fingerprint density at radius 3 is 2.56 bits per heavy atom. The van der Waals surface area contributed by atoms with Crippen LogP contribution in [0.4, 0.5) is 8.78 Å². The molecular weight excluding hydrogens is 508 g/mol. The number of halogens is 2. The summed E-state index contributed by atoms with van der Waals surface area (Å²) in [7, 11) is 0. The minimum absolute atomic E-state index is 0.0186. The van der Waals surface area contributed by atoms with Crippen LogP contribution in [0.5, 0.6) is 0 Å². The molecule has 0 unspecified atom stereocenters. The van der Waals surface area contributed by atoms with Crippen molar-refractivity contribution in [1.82, 2.24) is 0 Å². The molecule has 4 saturated carbocycles. The van der Waals surface area contributed by atoms with Gasteiger partial charge in [-0.3, -0.25) is 9.59 Å². The molecule has 4 fully saturated rings. The van der Waals surface area contributed by atoms with Gasteiger partial charge in [0.15, 0.2) is 18.1 Å². The van der Waals surface area contributed by atoms with E-state index in [0.29, 0.717) is 0 Å². The molecule has 0 aromatic heterocycles. The van der Waals surface area contributed by atoms with Gasteiger partial charge in [-0.25, -0.2) is 13.6 Å². The number of hydrogen-bond donors (Lipinski definition) is 1. The van der Waals surface area contributed by atoms with E-state index < -0.39 is 76.5 Å². The van der Waals surface area contributed by atoms with Crippen molar-refractivity contribution >= 4 is 17.7 Å². The van der Waals surface area contributed by atoms with E-state index in [4.69, 9.17) is 14.7 Å². The Hall–Kier alpha value is -2.60. The number of allylic oxidation sites excluding steroid dienone is 4. The highest BCUT2D eigenvalue weighted by Gasteiger charge is 2.78. The van der Waals surface area contributed by atoms with Crippen molar-refractivity contribution in [1.29, 1.82) is 5.26 Å². The SMILES string of the molecule is C[C@@H]1C[C@H]2[C@@H]3C[C@H](F)C4=CC(=O)C=C[C@]4(C)[C@@]3(F)[C@@H](O)C[C@]2(C)[C@]1(OC(=O)CC1CCCC1)C(=O)OCC#N. The number of carbonyl (C=O) groups excluding carboxylic acids is 3. The zero-order valence-electron chi connectivity index (χ0n) is 22.8. The van der Waals surface area contributed by atoms with Crippen LogP contribution in [0.15, 0.2) is 23.8 Å². The molecular formula is C30H37F2NO6. The molecule has 39 heavy (non-hydrogen) atoms. The average Bonchev–Trinajstić information content (AvgIpc) is 3.46. The van der Waals surface area contributed by atoms with Crippen molar-refractivity contribution in [2.75, 3.05) is 6.61 Å². The normalized spacial score (nSPS) is 45.0. The van der Waals surface area contributed by atoms with E-state index in [9.17, 15) is 19.5 Å². The van der Waals surface area contributed by atoms with Crippen LogP contribution >= 0.6 is 0 Å². The summed E-state index contributed by atoms with van der Waals surface area (Å²) >= 11 is 0. The maximum Gasteiger partial charge on any atom is 0.352 e. The lowest BCUT2D eigenvalue weighted by Crippen LogP contribution is -2.71. The Labute approximate surface area is 227 Å². The van der Waals surface area contributed by atoms with Crippen LogP contribution in [0.2, 0.25) is 0 Å². The van der Waals surface area contributed by atoms with Crippen LogP contribution < -0.4 is 0 Å². The predicted octanol–water partition coefficient (Wildman–Crippen LogP) is 4.48. The molecule has 212 valence electrons. The van der Waals surface area contributed by atoms with Crippen LogP contribution in [0.25, 0.3) is 0 Å². The number of alkyl halides is 2. The van der Waals surface area contributed by atoms with E-state index in [1.165, 1.54) is 19.1 Å². The maximum atomic E-state index is 17.5. The molecule has 0 amide bonds. The van der Waals surface area contributed by atoms with Crippen LogP contribution in [-0.4, -0.2) is 53.0 Å². The lowest BCUT2D eigenvalue weighted by molar-refractivity contribution is -0.239. The van der Waals surface area contributed by atoms with Gasteiger partial charge in [-0.2, -0.15) is 5.26 Å². The van der Waals surface area contributed by atoms with Gasteiger partial charge in [0.2, 0.25) is 5.60 Å². The fourth-order valence-electron chi connectivity index (χ4n) is 9.09. The van der Waals surface area contributed by atoms with Gasteiger partial charge in [0.25, 0.3) is 0 Å². The fourth-order valence-corrected chi connectivity index (χ4v) is 9.09. The standard InChI is InChI=1S/C30H37F2NO6/c1-17-12-20-21-15-23(31)22-14-19(34)8-9-27(22,2)29(21,32)24(35)16-28(20,3)30(17,26(37)38-11-10-33)39-25(36)13-18-6-4-5-7-18/h8-9,14,17-18,20-21,23-24,35H,4-7,11-13,15-16H2,1-3H3/t17-,20+,21+,23+,24+,27+,28+,29+,30-/m1/s1. The Morgan fingerprint density at radius 1 is 1.21 bits per heavy atom. The van der Waals surface area contributed by atoms with Gasteiger partial charge >= 0.3 is 11.9 Å². The molecule has 0 bridgehead atoms. The molecule has 0 saturated heterocycles. The Balaban J connectivity index is 1.57. The second kappa shape index (κ2) is 9.50. The number of ketones is 1. The molecule has 0 aromatic carbocycles. The summed E-state index contributed by atoms with van der Waals surface area (Å²) in [6.45, 7) is 4.39. The van der Waals surface area contributed by atoms with Gasteiger partial charge in [0.1, 0.15) is 12.2 Å². The summed E-state index contributed by atoms with van der Waals surface area (Å²) in [5.41, 5.74) is -7.00. The third-order valence-corrected chi connectivity index (χ3v) is 10.9. The minimum atomic E-state index is -2.32. The number of nitrogens with zero attached hydrogens (tertiary/aromatic N) is 1. The quantitative estimate of drug-likeness (QED) is 0.507. The third-order valence-electron chi connectivity index (χ3n) is 10.9. The first-order valence-corrected chi connectivity index (χ1v) is 14.1. The second-order valence-electron chi connectivity index (χ2n) is 12.8. The van der Waals surface area contributed by atoms with Crippen molar-refractivity contribution in [3.05, 3.63) is 23.8 Å². The van der Waals surface area contributed by atoms with Crippen LogP contribution in [0, 0.1) is 45.8 Å². The average molecular weight is 546 g/mol. The van der Waals surface area contributed by atoms with Crippen molar-refractivity contribution in [2.45, 2.75) is 95.7 Å². The number of aliphatic hydroxyl groups is 1. The van der Waals surface area contributed by atoms with Crippen molar-refractivity contribution in [2.24, 2.45) is 34.5 Å². The number of aliphatic hydroxyl groups excluding tert-OH is 1. The first kappa shape index (κ1) is 27.9. The molecule has 0 spiro atoms. The molecule has 5 aliphatic rings. The van der Waals surface area contributed by atoms with E-state index in [-0.39, 0.29) is 37.2 Å². The van der Waals surface area contributed by atoms with Crippen LogP contribution in [0.3, 0.4) is 0 Å². The molecule has 0 aromatic rings. The first-order valence-electron chi connectivity index (χ1n) is 14.1. The van der Waals surface area contributed by atoms with E-state index in [0.717, 1.165) is 31.8 Å². The Bertz CT molecular complexity index is 1170. The van der Waals surface area contributed by atoms with E-state index in [2.05, 4.69) is 0 Å². The number of fused-ring (bicyclic) bond motifs is 5.